The smallest absolute Gasteiger partial charge is 0.341 e. The minimum atomic E-state index is -4.59. The van der Waals surface area contributed by atoms with Crippen LogP contribution in [0.15, 0.2) is 54.6 Å². The van der Waals surface area contributed by atoms with Gasteiger partial charge in [-0.15, -0.1) is 0 Å². The van der Waals surface area contributed by atoms with Crippen molar-refractivity contribution in [1.29, 1.82) is 0 Å². The Morgan fingerprint density at radius 1 is 1.00 bits per heavy atom. The molecule has 0 aliphatic rings. The summed E-state index contributed by atoms with van der Waals surface area (Å²) in [6, 6.07) is 13.8. The van der Waals surface area contributed by atoms with Gasteiger partial charge in [-0.25, -0.2) is 0 Å². The second-order valence-corrected chi connectivity index (χ2v) is 5.50. The number of carbonyl (C=O) groups excluding carboxylic acids is 2. The van der Waals surface area contributed by atoms with E-state index in [1.165, 1.54) is 24.1 Å². The molecule has 0 bridgehead atoms. The highest BCUT2D eigenvalue weighted by molar-refractivity contribution is 6.03. The summed E-state index contributed by atoms with van der Waals surface area (Å²) >= 11 is 0. The second kappa shape index (κ2) is 7.83. The number of nitrogens with one attached hydrogen (secondary N) is 1. The van der Waals surface area contributed by atoms with E-state index in [0.29, 0.717) is 6.54 Å². The van der Waals surface area contributed by atoms with Gasteiger partial charge in [0.25, 0.3) is 0 Å². The average Bonchev–Trinajstić information content (AvgIpc) is 2.55. The number of anilines is 1. The van der Waals surface area contributed by atoms with Gasteiger partial charge in [0, 0.05) is 13.6 Å². The third-order valence-corrected chi connectivity index (χ3v) is 3.51. The molecule has 132 valence electrons. The number of halogens is 3. The van der Waals surface area contributed by atoms with Gasteiger partial charge in [-0.3, -0.25) is 9.59 Å². The molecule has 0 atom stereocenters. The molecule has 1 N–H and O–H groups in total. The van der Waals surface area contributed by atoms with Crippen LogP contribution in [0.1, 0.15) is 17.5 Å². The number of rotatable bonds is 5. The van der Waals surface area contributed by atoms with E-state index in [9.17, 15) is 22.8 Å². The lowest BCUT2D eigenvalue weighted by atomic mass is 10.1. The SMILES string of the molecule is CN(Cc1ccccc1)C(=O)CC(=O)Nc1ccccc1C(F)(F)F. The predicted molar refractivity (Wildman–Crippen MR) is 87.6 cm³/mol. The molecule has 0 saturated carbocycles. The van der Waals surface area contributed by atoms with Gasteiger partial charge >= 0.3 is 6.18 Å². The molecule has 0 aliphatic carbocycles. The van der Waals surface area contributed by atoms with Crippen LogP contribution in [-0.4, -0.2) is 23.8 Å². The fourth-order valence-corrected chi connectivity index (χ4v) is 2.25. The van der Waals surface area contributed by atoms with Crippen molar-refractivity contribution in [2.24, 2.45) is 0 Å². The summed E-state index contributed by atoms with van der Waals surface area (Å²) < 4.78 is 38.7. The van der Waals surface area contributed by atoms with Crippen LogP contribution in [0.2, 0.25) is 0 Å². The first-order valence-corrected chi connectivity index (χ1v) is 7.51. The number of carbonyl (C=O) groups is 2. The molecule has 0 aromatic heterocycles. The molecule has 2 rings (SSSR count). The summed E-state index contributed by atoms with van der Waals surface area (Å²) in [6.45, 7) is 0.312. The Morgan fingerprint density at radius 3 is 2.24 bits per heavy atom. The molecule has 0 spiro atoms. The van der Waals surface area contributed by atoms with Crippen LogP contribution in [0.3, 0.4) is 0 Å². The lowest BCUT2D eigenvalue weighted by Crippen LogP contribution is -2.30. The number of nitrogens with zero attached hydrogens (tertiary/aromatic N) is 1. The van der Waals surface area contributed by atoms with Crippen LogP contribution in [0.25, 0.3) is 0 Å². The maximum Gasteiger partial charge on any atom is 0.418 e. The van der Waals surface area contributed by atoms with Gasteiger partial charge in [-0.1, -0.05) is 42.5 Å². The van der Waals surface area contributed by atoms with Crippen LogP contribution >= 0.6 is 0 Å². The molecule has 0 fully saturated rings. The molecule has 0 radical (unpaired) electrons. The first-order chi connectivity index (χ1) is 11.8. The lowest BCUT2D eigenvalue weighted by molar-refractivity contribution is -0.137. The monoisotopic (exact) mass is 350 g/mol. The zero-order valence-corrected chi connectivity index (χ0v) is 13.5. The highest BCUT2D eigenvalue weighted by Crippen LogP contribution is 2.34. The summed E-state index contributed by atoms with van der Waals surface area (Å²) in [4.78, 5) is 25.4. The van der Waals surface area contributed by atoms with E-state index in [0.717, 1.165) is 17.7 Å². The van der Waals surface area contributed by atoms with Crippen molar-refractivity contribution in [2.45, 2.75) is 19.1 Å². The van der Waals surface area contributed by atoms with E-state index in [-0.39, 0.29) is 5.69 Å². The Hall–Kier alpha value is -2.83. The van der Waals surface area contributed by atoms with Crippen molar-refractivity contribution in [3.05, 3.63) is 65.7 Å². The maximum absolute atomic E-state index is 12.9. The highest BCUT2D eigenvalue weighted by atomic mass is 19.4. The van der Waals surface area contributed by atoms with E-state index in [1.807, 2.05) is 30.3 Å². The maximum atomic E-state index is 12.9. The van der Waals surface area contributed by atoms with Gasteiger partial charge in [-0.2, -0.15) is 13.2 Å². The molecular formula is C18H17F3N2O2. The molecule has 0 saturated heterocycles. The zero-order chi connectivity index (χ0) is 18.4. The third-order valence-electron chi connectivity index (χ3n) is 3.51. The average molecular weight is 350 g/mol. The van der Waals surface area contributed by atoms with Crippen LogP contribution in [0, 0.1) is 0 Å². The zero-order valence-electron chi connectivity index (χ0n) is 13.5. The molecule has 25 heavy (non-hydrogen) atoms. The van der Waals surface area contributed by atoms with E-state index in [2.05, 4.69) is 5.32 Å². The summed E-state index contributed by atoms with van der Waals surface area (Å²) in [5.74, 6) is -1.27. The standard InChI is InChI=1S/C18H17F3N2O2/c1-23(12-13-7-3-2-4-8-13)17(25)11-16(24)22-15-10-6-5-9-14(15)18(19,20)21/h2-10H,11-12H2,1H3,(H,22,24). The van der Waals surface area contributed by atoms with Crippen molar-refractivity contribution in [3.8, 4) is 0 Å². The van der Waals surface area contributed by atoms with Crippen LogP contribution in [0.4, 0.5) is 18.9 Å². The normalized spacial score (nSPS) is 11.0. The van der Waals surface area contributed by atoms with Crippen molar-refractivity contribution < 1.29 is 22.8 Å². The summed E-state index contributed by atoms with van der Waals surface area (Å²) in [6.07, 6.45) is -5.12. The Morgan fingerprint density at radius 2 is 1.60 bits per heavy atom. The topological polar surface area (TPSA) is 49.4 Å². The Bertz CT molecular complexity index is 745. The Balaban J connectivity index is 1.97. The molecule has 0 aliphatic heterocycles. The fourth-order valence-electron chi connectivity index (χ4n) is 2.25. The Kier molecular flexibility index (Phi) is 5.80. The van der Waals surface area contributed by atoms with Crippen LogP contribution in [0.5, 0.6) is 0 Å². The first-order valence-electron chi connectivity index (χ1n) is 7.51. The third kappa shape index (κ3) is 5.34. The van der Waals surface area contributed by atoms with Gasteiger partial charge in [0.1, 0.15) is 6.42 Å². The minimum absolute atomic E-state index is 0.312. The molecule has 2 amide bonds. The number of hydrogen-bond donors (Lipinski definition) is 1. The van der Waals surface area contributed by atoms with Crippen molar-refractivity contribution in [3.63, 3.8) is 0 Å². The second-order valence-electron chi connectivity index (χ2n) is 5.50. The number of benzene rings is 2. The quantitative estimate of drug-likeness (QED) is 0.836. The van der Waals surface area contributed by atoms with E-state index in [1.54, 1.807) is 0 Å². The number of para-hydroxylation sites is 1. The Labute approximate surface area is 143 Å². The minimum Gasteiger partial charge on any atom is -0.341 e. The first kappa shape index (κ1) is 18.5. The van der Waals surface area contributed by atoms with E-state index >= 15 is 0 Å². The van der Waals surface area contributed by atoms with Gasteiger partial charge < -0.3 is 10.2 Å². The molecular weight excluding hydrogens is 333 g/mol. The van der Waals surface area contributed by atoms with Crippen LogP contribution < -0.4 is 5.32 Å². The molecule has 0 heterocycles. The number of alkyl halides is 3. The van der Waals surface area contributed by atoms with E-state index in [4.69, 9.17) is 0 Å². The predicted octanol–water partition coefficient (Wildman–Crippen LogP) is 3.69. The van der Waals surface area contributed by atoms with Gasteiger partial charge in [0.05, 0.1) is 11.3 Å². The van der Waals surface area contributed by atoms with E-state index < -0.39 is 30.0 Å². The fraction of sp³-hybridized carbons (Fsp3) is 0.222. The largest absolute Gasteiger partial charge is 0.418 e. The molecule has 7 heteroatoms. The molecule has 0 unspecified atom stereocenters. The number of amides is 2. The van der Waals surface area contributed by atoms with Crippen molar-refractivity contribution >= 4 is 17.5 Å². The molecule has 2 aromatic rings. The lowest BCUT2D eigenvalue weighted by Gasteiger charge is -2.18. The molecule has 4 nitrogen and oxygen atoms in total. The molecule has 2 aromatic carbocycles. The summed E-state index contributed by atoms with van der Waals surface area (Å²) in [5.41, 5.74) is -0.423. The van der Waals surface area contributed by atoms with Crippen molar-refractivity contribution in [2.75, 3.05) is 12.4 Å². The summed E-state index contributed by atoms with van der Waals surface area (Å²) in [5, 5.41) is 2.16. The van der Waals surface area contributed by atoms with Crippen LogP contribution in [-0.2, 0) is 22.3 Å². The highest BCUT2D eigenvalue weighted by Gasteiger charge is 2.33. The summed E-state index contributed by atoms with van der Waals surface area (Å²) in [7, 11) is 1.53. The van der Waals surface area contributed by atoms with Gasteiger partial charge in [0.15, 0.2) is 0 Å². The van der Waals surface area contributed by atoms with Gasteiger partial charge in [-0.05, 0) is 17.7 Å². The number of hydrogen-bond acceptors (Lipinski definition) is 2. The van der Waals surface area contributed by atoms with Gasteiger partial charge in [0.2, 0.25) is 11.8 Å². The van der Waals surface area contributed by atoms with Crippen molar-refractivity contribution in [1.82, 2.24) is 4.90 Å².